The smallest absolute Gasteiger partial charge is 0.350 e. The fourth-order valence-corrected chi connectivity index (χ4v) is 6.16. The molecule has 11 heteroatoms. The summed E-state index contributed by atoms with van der Waals surface area (Å²) in [5, 5.41) is 11.8. The van der Waals surface area contributed by atoms with Crippen molar-refractivity contribution in [2.45, 2.75) is 46.3 Å². The fraction of sp³-hybridized carbons (Fsp3) is 0.312. The first kappa shape index (κ1) is 29.8. The highest BCUT2D eigenvalue weighted by Crippen LogP contribution is 2.46. The van der Waals surface area contributed by atoms with Crippen molar-refractivity contribution < 1.29 is 38.4 Å². The molecule has 1 fully saturated rings. The molecule has 0 bridgehead atoms. The number of fused-ring (bicyclic) bond motifs is 1. The maximum Gasteiger partial charge on any atom is 0.350 e. The van der Waals surface area contributed by atoms with Crippen molar-refractivity contribution in [3.05, 3.63) is 81.9 Å². The molecule has 0 aliphatic carbocycles. The average Bonchev–Trinajstić information content (AvgIpc) is 3.63. The van der Waals surface area contributed by atoms with E-state index >= 15 is 0 Å². The van der Waals surface area contributed by atoms with Gasteiger partial charge in [-0.25, -0.2) is 9.78 Å². The summed E-state index contributed by atoms with van der Waals surface area (Å²) in [5.41, 5.74) is 1.97. The van der Waals surface area contributed by atoms with Crippen LogP contribution in [0.15, 0.2) is 54.6 Å². The number of nitrogens with zero attached hydrogens (tertiary/aromatic N) is 2. The van der Waals surface area contributed by atoms with Crippen molar-refractivity contribution in [1.82, 2.24) is 4.98 Å². The summed E-state index contributed by atoms with van der Waals surface area (Å²) in [5.74, 6) is -1.14. The lowest BCUT2D eigenvalue weighted by Crippen LogP contribution is -2.29. The maximum absolute atomic E-state index is 13.7. The van der Waals surface area contributed by atoms with Crippen LogP contribution in [-0.4, -0.2) is 53.7 Å². The normalized spacial score (nSPS) is 18.7. The second kappa shape index (κ2) is 12.3. The van der Waals surface area contributed by atoms with Gasteiger partial charge in [0.25, 0.3) is 5.78 Å². The Balaban J connectivity index is 1.69. The van der Waals surface area contributed by atoms with Gasteiger partial charge in [0.2, 0.25) is 0 Å². The van der Waals surface area contributed by atoms with Gasteiger partial charge in [0.05, 0.1) is 30.5 Å². The van der Waals surface area contributed by atoms with Gasteiger partial charge in [0.15, 0.2) is 16.6 Å². The standard InChI is InChI=1S/C32H32N2O8S/c1-6-13-41-23-12-9-19(16-24(23)39-7-2)26-25(27(35)20-10-11-22-21(15-20)14-17(4)42-22)28(36)30(37)34(26)32-33-18(5)29(43-32)31(38)40-8-3/h6,9-12,15-17,26,35H,1,7-8,13-14H2,2-5H3/b27-25-. The first-order valence-electron chi connectivity index (χ1n) is 13.9. The summed E-state index contributed by atoms with van der Waals surface area (Å²) >= 11 is 0.943. The van der Waals surface area contributed by atoms with Gasteiger partial charge in [-0.3, -0.25) is 14.5 Å². The molecule has 5 rings (SSSR count). The van der Waals surface area contributed by atoms with Crippen LogP contribution in [0.3, 0.4) is 0 Å². The molecule has 2 aliphatic rings. The van der Waals surface area contributed by atoms with Crippen molar-refractivity contribution >= 4 is 39.9 Å². The molecule has 43 heavy (non-hydrogen) atoms. The molecule has 2 atom stereocenters. The Hall–Kier alpha value is -4.64. The number of ether oxygens (including phenoxy) is 4. The van der Waals surface area contributed by atoms with Crippen molar-refractivity contribution in [1.29, 1.82) is 0 Å². The molecule has 0 spiro atoms. The van der Waals surface area contributed by atoms with Gasteiger partial charge in [-0.2, -0.15) is 0 Å². The zero-order chi connectivity index (χ0) is 30.8. The van der Waals surface area contributed by atoms with Crippen molar-refractivity contribution in [2.75, 3.05) is 24.7 Å². The van der Waals surface area contributed by atoms with Crippen LogP contribution in [-0.2, 0) is 20.7 Å². The number of Topliss-reactive ketones (excluding diaryl/α,β-unsaturated/α-hetero) is 1. The van der Waals surface area contributed by atoms with Gasteiger partial charge in [-0.1, -0.05) is 30.1 Å². The van der Waals surface area contributed by atoms with Gasteiger partial charge in [0.1, 0.15) is 29.1 Å². The Morgan fingerprint density at radius 3 is 2.67 bits per heavy atom. The third kappa shape index (κ3) is 5.60. The lowest BCUT2D eigenvalue weighted by molar-refractivity contribution is -0.132. The lowest BCUT2D eigenvalue weighted by Gasteiger charge is -2.24. The van der Waals surface area contributed by atoms with E-state index in [1.165, 1.54) is 4.90 Å². The number of anilines is 1. The van der Waals surface area contributed by atoms with Gasteiger partial charge in [-0.15, -0.1) is 0 Å². The van der Waals surface area contributed by atoms with E-state index in [4.69, 9.17) is 18.9 Å². The number of aliphatic hydroxyl groups excluding tert-OH is 1. The first-order valence-corrected chi connectivity index (χ1v) is 14.8. The first-order chi connectivity index (χ1) is 20.7. The van der Waals surface area contributed by atoms with Gasteiger partial charge in [0, 0.05) is 12.0 Å². The van der Waals surface area contributed by atoms with Crippen LogP contribution < -0.4 is 19.1 Å². The quantitative estimate of drug-likeness (QED) is 0.104. The van der Waals surface area contributed by atoms with Crippen molar-refractivity contribution in [2.24, 2.45) is 0 Å². The van der Waals surface area contributed by atoms with E-state index in [1.807, 2.05) is 13.8 Å². The molecular formula is C32H32N2O8S. The molecule has 0 saturated carbocycles. The Labute approximate surface area is 253 Å². The zero-order valence-electron chi connectivity index (χ0n) is 24.3. The number of ketones is 1. The Morgan fingerprint density at radius 1 is 1.16 bits per heavy atom. The third-order valence-corrected chi connectivity index (χ3v) is 8.14. The molecule has 0 radical (unpaired) electrons. The summed E-state index contributed by atoms with van der Waals surface area (Å²) in [6, 6.07) is 9.12. The van der Waals surface area contributed by atoms with E-state index < -0.39 is 23.7 Å². The Bertz CT molecular complexity index is 1640. The van der Waals surface area contributed by atoms with Crippen LogP contribution in [0.5, 0.6) is 17.2 Å². The number of aromatic nitrogens is 1. The van der Waals surface area contributed by atoms with E-state index in [9.17, 15) is 19.5 Å². The van der Waals surface area contributed by atoms with Crippen LogP contribution in [0.1, 0.15) is 58.9 Å². The van der Waals surface area contributed by atoms with Crippen LogP contribution in [0.25, 0.3) is 5.76 Å². The van der Waals surface area contributed by atoms with Crippen LogP contribution in [0.2, 0.25) is 0 Å². The molecule has 224 valence electrons. The number of carbonyl (C=O) groups is 3. The number of hydrogen-bond acceptors (Lipinski definition) is 10. The predicted octanol–water partition coefficient (Wildman–Crippen LogP) is 5.54. The SMILES string of the molecule is C=CCOc1ccc(C2/C(=C(/O)c3ccc4c(c3)CC(C)O4)C(=O)C(=O)N2c2nc(C)c(C(=O)OCC)s2)cc1OCC. The van der Waals surface area contributed by atoms with Crippen LogP contribution in [0, 0.1) is 6.92 Å². The number of aryl methyl sites for hydroxylation is 1. The Kier molecular flexibility index (Phi) is 8.54. The molecular weight excluding hydrogens is 572 g/mol. The van der Waals surface area contributed by atoms with Crippen LogP contribution >= 0.6 is 11.3 Å². The fourth-order valence-electron chi connectivity index (χ4n) is 5.17. The highest BCUT2D eigenvalue weighted by molar-refractivity contribution is 7.17. The molecule has 1 amide bonds. The second-order valence-corrected chi connectivity index (χ2v) is 11.0. The Morgan fingerprint density at radius 2 is 1.95 bits per heavy atom. The summed E-state index contributed by atoms with van der Waals surface area (Å²) in [4.78, 5) is 45.9. The third-order valence-electron chi connectivity index (χ3n) is 7.01. The van der Waals surface area contributed by atoms with E-state index in [2.05, 4.69) is 11.6 Å². The minimum atomic E-state index is -1.09. The number of amides is 1. The van der Waals surface area contributed by atoms with E-state index in [0.717, 1.165) is 16.9 Å². The van der Waals surface area contributed by atoms with E-state index in [0.29, 0.717) is 47.1 Å². The summed E-state index contributed by atoms with van der Waals surface area (Å²) in [7, 11) is 0. The van der Waals surface area contributed by atoms with Crippen molar-refractivity contribution in [3.63, 3.8) is 0 Å². The molecule has 1 saturated heterocycles. The molecule has 2 aromatic carbocycles. The van der Waals surface area contributed by atoms with Crippen molar-refractivity contribution in [3.8, 4) is 17.2 Å². The molecule has 10 nitrogen and oxygen atoms in total. The summed E-state index contributed by atoms with van der Waals surface area (Å²) < 4.78 is 22.5. The lowest BCUT2D eigenvalue weighted by atomic mass is 9.94. The molecule has 1 aromatic heterocycles. The largest absolute Gasteiger partial charge is 0.507 e. The average molecular weight is 605 g/mol. The number of hydrogen-bond donors (Lipinski definition) is 1. The topological polar surface area (TPSA) is 124 Å². The molecule has 1 N–H and O–H groups in total. The van der Waals surface area contributed by atoms with Gasteiger partial charge in [-0.05, 0) is 69.2 Å². The minimum Gasteiger partial charge on any atom is -0.507 e. The van der Waals surface area contributed by atoms with Crippen LogP contribution in [0.4, 0.5) is 5.13 Å². The molecule has 3 aromatic rings. The van der Waals surface area contributed by atoms with Gasteiger partial charge < -0.3 is 24.1 Å². The number of thiazole rings is 1. The maximum atomic E-state index is 13.7. The minimum absolute atomic E-state index is 0.0153. The highest BCUT2D eigenvalue weighted by Gasteiger charge is 2.49. The molecule has 2 aliphatic heterocycles. The van der Waals surface area contributed by atoms with E-state index in [-0.39, 0.29) is 40.7 Å². The highest BCUT2D eigenvalue weighted by atomic mass is 32.1. The summed E-state index contributed by atoms with van der Waals surface area (Å²) in [6.45, 7) is 11.5. The summed E-state index contributed by atoms with van der Waals surface area (Å²) in [6.07, 6.45) is 2.23. The predicted molar refractivity (Wildman–Crippen MR) is 161 cm³/mol. The monoisotopic (exact) mass is 604 g/mol. The second-order valence-electron chi connectivity index (χ2n) is 9.99. The number of carbonyl (C=O) groups excluding carboxylic acids is 3. The number of rotatable bonds is 10. The molecule has 2 unspecified atom stereocenters. The number of benzene rings is 2. The molecule has 3 heterocycles. The number of esters is 1. The number of aliphatic hydroxyl groups is 1. The van der Waals surface area contributed by atoms with Gasteiger partial charge >= 0.3 is 11.9 Å². The zero-order valence-corrected chi connectivity index (χ0v) is 25.2. The van der Waals surface area contributed by atoms with E-state index in [1.54, 1.807) is 56.3 Å².